The van der Waals surface area contributed by atoms with Crippen molar-refractivity contribution in [2.24, 2.45) is 0 Å². The fourth-order valence-electron chi connectivity index (χ4n) is 2.28. The van der Waals surface area contributed by atoms with Crippen molar-refractivity contribution in [1.29, 1.82) is 0 Å². The number of nitrogens with one attached hydrogen (secondary N) is 1. The van der Waals surface area contributed by atoms with Crippen molar-refractivity contribution >= 4 is 39.1 Å². The van der Waals surface area contributed by atoms with Crippen LogP contribution in [0.5, 0.6) is 5.75 Å². The van der Waals surface area contributed by atoms with E-state index in [1.807, 2.05) is 13.8 Å². The van der Waals surface area contributed by atoms with Gasteiger partial charge < -0.3 is 10.1 Å². The van der Waals surface area contributed by atoms with E-state index in [1.165, 1.54) is 24.3 Å². The van der Waals surface area contributed by atoms with Gasteiger partial charge in [-0.3, -0.25) is 4.79 Å². The molecule has 2 aromatic carbocycles. The molecule has 2 aromatic rings. The van der Waals surface area contributed by atoms with Crippen LogP contribution in [0.1, 0.15) is 37.0 Å². The number of hydrogen-bond donors (Lipinski definition) is 1. The fourth-order valence-corrected chi connectivity index (χ4v) is 2.82. The molecular formula is C18H17BrClF2NO2. The largest absolute Gasteiger partial charge is 0.490 e. The van der Waals surface area contributed by atoms with E-state index in [4.69, 9.17) is 16.3 Å². The number of halogens is 4. The van der Waals surface area contributed by atoms with E-state index in [2.05, 4.69) is 21.2 Å². The van der Waals surface area contributed by atoms with Gasteiger partial charge in [0.1, 0.15) is 17.4 Å². The van der Waals surface area contributed by atoms with Gasteiger partial charge >= 0.3 is 0 Å². The van der Waals surface area contributed by atoms with Crippen molar-refractivity contribution in [3.63, 3.8) is 0 Å². The molecule has 0 saturated carbocycles. The molecule has 0 bridgehead atoms. The lowest BCUT2D eigenvalue weighted by atomic mass is 10.1. The summed E-state index contributed by atoms with van der Waals surface area (Å²) in [6.07, 6.45) is 1.51. The highest BCUT2D eigenvalue weighted by atomic mass is 79.9. The number of carbonyl (C=O) groups excluding carboxylic acids is 1. The number of para-hydroxylation sites is 1. The van der Waals surface area contributed by atoms with Gasteiger partial charge in [-0.05, 0) is 53.5 Å². The van der Waals surface area contributed by atoms with Crippen molar-refractivity contribution in [3.8, 4) is 5.75 Å². The van der Waals surface area contributed by atoms with Crippen LogP contribution in [-0.2, 0) is 0 Å². The standard InChI is InChI=1S/C18H17BrClF2NO2/c1-3-5-10(2)25-16-9-12(19)15(22)8-11(16)18(24)23-17-13(20)6-4-7-14(17)21/h4,6-10H,3,5H2,1-2H3,(H,23,24)/t10-/m0/s1. The molecule has 0 unspecified atom stereocenters. The first kappa shape index (κ1) is 19.7. The molecule has 0 spiro atoms. The summed E-state index contributed by atoms with van der Waals surface area (Å²) in [7, 11) is 0. The number of amides is 1. The van der Waals surface area contributed by atoms with Crippen LogP contribution < -0.4 is 10.1 Å². The first-order valence-electron chi connectivity index (χ1n) is 7.74. The third-order valence-electron chi connectivity index (χ3n) is 3.49. The van der Waals surface area contributed by atoms with Crippen molar-refractivity contribution in [1.82, 2.24) is 0 Å². The Labute approximate surface area is 158 Å². The molecule has 0 aliphatic carbocycles. The van der Waals surface area contributed by atoms with E-state index < -0.39 is 17.5 Å². The van der Waals surface area contributed by atoms with Gasteiger partial charge in [-0.15, -0.1) is 0 Å². The maximum absolute atomic E-state index is 13.9. The number of benzene rings is 2. The molecule has 2 rings (SSSR count). The second kappa shape index (κ2) is 8.63. The highest BCUT2D eigenvalue weighted by molar-refractivity contribution is 9.10. The molecule has 1 amide bonds. The van der Waals surface area contributed by atoms with Crippen LogP contribution in [-0.4, -0.2) is 12.0 Å². The SMILES string of the molecule is CCC[C@H](C)Oc1cc(Br)c(F)cc1C(=O)Nc1c(F)cccc1Cl. The molecule has 0 saturated heterocycles. The van der Waals surface area contributed by atoms with E-state index in [9.17, 15) is 13.6 Å². The van der Waals surface area contributed by atoms with E-state index >= 15 is 0 Å². The highest BCUT2D eigenvalue weighted by Crippen LogP contribution is 2.30. The monoisotopic (exact) mass is 431 g/mol. The molecule has 7 heteroatoms. The Morgan fingerprint density at radius 3 is 2.68 bits per heavy atom. The van der Waals surface area contributed by atoms with Gasteiger partial charge in [-0.2, -0.15) is 0 Å². The average molecular weight is 433 g/mol. The van der Waals surface area contributed by atoms with Gasteiger partial charge in [0.25, 0.3) is 5.91 Å². The van der Waals surface area contributed by atoms with Crippen LogP contribution in [0.15, 0.2) is 34.8 Å². The molecule has 0 aliphatic heterocycles. The minimum Gasteiger partial charge on any atom is -0.490 e. The quantitative estimate of drug-likeness (QED) is 0.590. The van der Waals surface area contributed by atoms with E-state index in [0.29, 0.717) is 0 Å². The summed E-state index contributed by atoms with van der Waals surface area (Å²) in [5.41, 5.74) is -0.201. The summed E-state index contributed by atoms with van der Waals surface area (Å²) in [5, 5.41) is 2.43. The number of ether oxygens (including phenoxy) is 1. The topological polar surface area (TPSA) is 38.3 Å². The van der Waals surface area contributed by atoms with Crippen LogP contribution in [0.3, 0.4) is 0 Å². The highest BCUT2D eigenvalue weighted by Gasteiger charge is 2.20. The second-order valence-corrected chi connectivity index (χ2v) is 6.79. The van der Waals surface area contributed by atoms with Gasteiger partial charge in [-0.25, -0.2) is 8.78 Å². The molecular weight excluding hydrogens is 416 g/mol. The van der Waals surface area contributed by atoms with Gasteiger partial charge in [0.15, 0.2) is 0 Å². The van der Waals surface area contributed by atoms with Crippen LogP contribution in [0.2, 0.25) is 5.02 Å². The zero-order chi connectivity index (χ0) is 18.6. The Balaban J connectivity index is 2.36. The molecule has 1 atom stereocenters. The Kier molecular flexibility index (Phi) is 6.79. The Morgan fingerprint density at radius 2 is 2.04 bits per heavy atom. The van der Waals surface area contributed by atoms with Crippen LogP contribution in [0, 0.1) is 11.6 Å². The Bertz CT molecular complexity index is 766. The second-order valence-electron chi connectivity index (χ2n) is 5.53. The summed E-state index contributed by atoms with van der Waals surface area (Å²) < 4.78 is 33.7. The van der Waals surface area contributed by atoms with Crippen LogP contribution in [0.25, 0.3) is 0 Å². The van der Waals surface area contributed by atoms with Crippen molar-refractivity contribution < 1.29 is 18.3 Å². The first-order chi connectivity index (χ1) is 11.8. The summed E-state index contributed by atoms with van der Waals surface area (Å²) in [5.74, 6) is -1.81. The summed E-state index contributed by atoms with van der Waals surface area (Å²) >= 11 is 9.00. The minimum absolute atomic E-state index is 0.0389. The molecule has 25 heavy (non-hydrogen) atoms. The Morgan fingerprint density at radius 1 is 1.32 bits per heavy atom. The maximum Gasteiger partial charge on any atom is 0.259 e. The number of anilines is 1. The molecule has 0 aromatic heterocycles. The predicted octanol–water partition coefficient (Wildman–Crippen LogP) is 6.20. The van der Waals surface area contributed by atoms with Crippen molar-refractivity contribution in [3.05, 3.63) is 57.0 Å². The number of carbonyl (C=O) groups is 1. The van der Waals surface area contributed by atoms with Crippen LogP contribution in [0.4, 0.5) is 14.5 Å². The van der Waals surface area contributed by atoms with E-state index in [-0.39, 0.29) is 32.6 Å². The average Bonchev–Trinajstić information content (AvgIpc) is 2.54. The van der Waals surface area contributed by atoms with Crippen LogP contribution >= 0.6 is 27.5 Å². The fraction of sp³-hybridized carbons (Fsp3) is 0.278. The normalized spacial score (nSPS) is 11.9. The van der Waals surface area contributed by atoms with E-state index in [1.54, 1.807) is 0 Å². The predicted molar refractivity (Wildman–Crippen MR) is 98.5 cm³/mol. The lowest BCUT2D eigenvalue weighted by Gasteiger charge is -2.18. The summed E-state index contributed by atoms with van der Waals surface area (Å²) in [6.45, 7) is 3.87. The third-order valence-corrected chi connectivity index (χ3v) is 4.41. The zero-order valence-electron chi connectivity index (χ0n) is 13.7. The third kappa shape index (κ3) is 4.92. The lowest BCUT2D eigenvalue weighted by molar-refractivity contribution is 0.101. The molecule has 0 heterocycles. The summed E-state index contributed by atoms with van der Waals surface area (Å²) in [6, 6.07) is 6.47. The zero-order valence-corrected chi connectivity index (χ0v) is 16.0. The van der Waals surface area contributed by atoms with Crippen molar-refractivity contribution in [2.75, 3.05) is 5.32 Å². The molecule has 0 aliphatic rings. The molecule has 134 valence electrons. The minimum atomic E-state index is -0.711. The summed E-state index contributed by atoms with van der Waals surface area (Å²) in [4.78, 5) is 12.5. The smallest absolute Gasteiger partial charge is 0.259 e. The van der Waals surface area contributed by atoms with Crippen molar-refractivity contribution in [2.45, 2.75) is 32.8 Å². The first-order valence-corrected chi connectivity index (χ1v) is 8.91. The maximum atomic E-state index is 13.9. The number of hydrogen-bond acceptors (Lipinski definition) is 2. The van der Waals surface area contributed by atoms with Gasteiger partial charge in [-0.1, -0.05) is 31.0 Å². The van der Waals surface area contributed by atoms with E-state index in [0.717, 1.165) is 18.9 Å². The van der Waals surface area contributed by atoms with Gasteiger partial charge in [0.05, 0.1) is 26.9 Å². The lowest BCUT2D eigenvalue weighted by Crippen LogP contribution is -2.18. The molecule has 1 N–H and O–H groups in total. The van der Waals surface area contributed by atoms with Gasteiger partial charge in [0, 0.05) is 0 Å². The number of rotatable bonds is 6. The molecule has 0 fully saturated rings. The van der Waals surface area contributed by atoms with Gasteiger partial charge in [0.2, 0.25) is 0 Å². The molecule has 3 nitrogen and oxygen atoms in total. The Hall–Kier alpha value is -1.66. The molecule has 0 radical (unpaired) electrons.